The second kappa shape index (κ2) is 13.1. The lowest BCUT2D eigenvalue weighted by atomic mass is 10.0. The molecule has 2 heterocycles. The molecule has 1 unspecified atom stereocenters. The summed E-state index contributed by atoms with van der Waals surface area (Å²) in [6.45, 7) is 8.18. The highest BCUT2D eigenvalue weighted by atomic mass is 32.2. The Labute approximate surface area is 229 Å². The zero-order valence-electron chi connectivity index (χ0n) is 21.1. The fourth-order valence-corrected chi connectivity index (χ4v) is 5.47. The molecule has 0 aliphatic rings. The molecule has 1 amide bonds. The van der Waals surface area contributed by atoms with E-state index in [1.807, 2.05) is 77.5 Å². The molecule has 2 aromatic carbocycles. The van der Waals surface area contributed by atoms with Crippen molar-refractivity contribution in [3.05, 3.63) is 90.1 Å². The predicted molar refractivity (Wildman–Crippen MR) is 151 cm³/mol. The van der Waals surface area contributed by atoms with Crippen molar-refractivity contribution in [2.24, 2.45) is 0 Å². The Morgan fingerprint density at radius 3 is 2.53 bits per heavy atom. The Kier molecular flexibility index (Phi) is 9.34. The van der Waals surface area contributed by atoms with Gasteiger partial charge in [0, 0.05) is 17.5 Å². The lowest BCUT2D eigenvalue weighted by Crippen LogP contribution is -2.17. The maximum Gasteiger partial charge on any atom is 0.341 e. The van der Waals surface area contributed by atoms with Crippen LogP contribution in [0.1, 0.15) is 36.1 Å². The summed E-state index contributed by atoms with van der Waals surface area (Å²) in [7, 11) is 0. The molecule has 4 rings (SSSR count). The highest BCUT2D eigenvalue weighted by molar-refractivity contribution is 7.99. The molecule has 0 fully saturated rings. The first-order chi connectivity index (χ1) is 18.5. The Bertz CT molecular complexity index is 1390. The number of carbonyl (C=O) groups is 2. The molecule has 4 aromatic rings. The quantitative estimate of drug-likeness (QED) is 0.127. The number of esters is 1. The number of thioether (sulfide) groups is 1. The van der Waals surface area contributed by atoms with E-state index in [9.17, 15) is 9.59 Å². The topological polar surface area (TPSA) is 95.3 Å². The highest BCUT2D eigenvalue weighted by Gasteiger charge is 2.24. The molecule has 0 saturated heterocycles. The molecular weight excluding hydrogens is 520 g/mol. The monoisotopic (exact) mass is 548 g/mol. The van der Waals surface area contributed by atoms with E-state index in [0.29, 0.717) is 28.1 Å². The van der Waals surface area contributed by atoms with Crippen LogP contribution in [-0.2, 0) is 16.1 Å². The van der Waals surface area contributed by atoms with Gasteiger partial charge in [0.25, 0.3) is 0 Å². The average Bonchev–Trinajstić information content (AvgIpc) is 3.53. The maximum absolute atomic E-state index is 12.9. The van der Waals surface area contributed by atoms with Crippen molar-refractivity contribution >= 4 is 40.0 Å². The smallest absolute Gasteiger partial charge is 0.341 e. The minimum Gasteiger partial charge on any atom is -0.483 e. The Morgan fingerprint density at radius 2 is 1.84 bits per heavy atom. The third kappa shape index (κ3) is 6.51. The van der Waals surface area contributed by atoms with Crippen LogP contribution in [0.4, 0.5) is 5.00 Å². The van der Waals surface area contributed by atoms with Crippen LogP contribution in [0.2, 0.25) is 0 Å². The molecule has 0 aliphatic heterocycles. The number of ether oxygens (including phenoxy) is 2. The molecule has 1 atom stereocenters. The van der Waals surface area contributed by atoms with E-state index < -0.39 is 5.97 Å². The number of carbonyl (C=O) groups excluding carboxylic acids is 2. The number of aromatic nitrogens is 3. The zero-order valence-corrected chi connectivity index (χ0v) is 22.8. The SMILES string of the molecule is C=CCn1c(SCC(=O)Nc2scc(-c3ccccc3)c2C(=O)OCC)nnc1C(C)Oc1ccccc1. The molecule has 10 heteroatoms. The number of para-hydroxylation sites is 1. The molecule has 196 valence electrons. The van der Waals surface area contributed by atoms with E-state index in [0.717, 1.165) is 16.9 Å². The van der Waals surface area contributed by atoms with Crippen LogP contribution in [0.15, 0.2) is 83.9 Å². The van der Waals surface area contributed by atoms with Crippen molar-refractivity contribution < 1.29 is 19.1 Å². The van der Waals surface area contributed by atoms with Crippen LogP contribution in [0.5, 0.6) is 5.75 Å². The predicted octanol–water partition coefficient (Wildman–Crippen LogP) is 6.24. The molecule has 8 nitrogen and oxygen atoms in total. The Balaban J connectivity index is 1.47. The second-order valence-electron chi connectivity index (χ2n) is 8.09. The molecule has 0 aliphatic carbocycles. The first-order valence-electron chi connectivity index (χ1n) is 12.0. The molecule has 1 N–H and O–H groups in total. The van der Waals surface area contributed by atoms with E-state index in [4.69, 9.17) is 9.47 Å². The van der Waals surface area contributed by atoms with Crippen molar-refractivity contribution in [1.82, 2.24) is 14.8 Å². The standard InChI is InChI=1S/C28H28N4O4S2/c1-4-16-32-25(19(3)36-21-14-10-7-11-15-21)30-31-28(32)38-18-23(33)29-26-24(27(34)35-5-2)22(17-37-26)20-12-8-6-9-13-20/h4,6-15,17,19H,1,5,16,18H2,2-3H3,(H,29,33). The van der Waals surface area contributed by atoms with E-state index >= 15 is 0 Å². The third-order valence-corrected chi connectivity index (χ3v) is 7.28. The van der Waals surface area contributed by atoms with Gasteiger partial charge >= 0.3 is 5.97 Å². The molecule has 2 aromatic heterocycles. The van der Waals surface area contributed by atoms with Crippen LogP contribution >= 0.6 is 23.1 Å². The molecule has 0 saturated carbocycles. The van der Waals surface area contributed by atoms with Crippen molar-refractivity contribution in [2.75, 3.05) is 17.7 Å². The summed E-state index contributed by atoms with van der Waals surface area (Å²) in [5.74, 6) is 0.685. The van der Waals surface area contributed by atoms with Gasteiger partial charge < -0.3 is 14.8 Å². The van der Waals surface area contributed by atoms with E-state index in [1.165, 1.54) is 23.1 Å². The second-order valence-corrected chi connectivity index (χ2v) is 9.91. The fraction of sp³-hybridized carbons (Fsp3) is 0.214. The number of thiophene rings is 1. The van der Waals surface area contributed by atoms with Gasteiger partial charge in [0.15, 0.2) is 17.1 Å². The summed E-state index contributed by atoms with van der Waals surface area (Å²) >= 11 is 2.54. The lowest BCUT2D eigenvalue weighted by Gasteiger charge is -2.15. The number of nitrogens with zero attached hydrogens (tertiary/aromatic N) is 3. The van der Waals surface area contributed by atoms with Gasteiger partial charge in [0.1, 0.15) is 16.3 Å². The molecule has 0 radical (unpaired) electrons. The molecule has 38 heavy (non-hydrogen) atoms. The summed E-state index contributed by atoms with van der Waals surface area (Å²) in [6, 6.07) is 19.0. The number of hydrogen-bond donors (Lipinski definition) is 1. The van der Waals surface area contributed by atoms with Gasteiger partial charge in [-0.25, -0.2) is 4.79 Å². The van der Waals surface area contributed by atoms with Gasteiger partial charge in [-0.1, -0.05) is 66.4 Å². The van der Waals surface area contributed by atoms with E-state index in [2.05, 4.69) is 22.1 Å². The number of benzene rings is 2. The van der Waals surface area contributed by atoms with Crippen LogP contribution in [-0.4, -0.2) is 39.0 Å². The van der Waals surface area contributed by atoms with Crippen molar-refractivity contribution in [2.45, 2.75) is 31.7 Å². The number of nitrogens with one attached hydrogen (secondary N) is 1. The van der Waals surface area contributed by atoms with Gasteiger partial charge in [0.05, 0.1) is 12.4 Å². The summed E-state index contributed by atoms with van der Waals surface area (Å²) in [4.78, 5) is 25.7. The van der Waals surface area contributed by atoms with Crippen LogP contribution in [0.3, 0.4) is 0 Å². The molecular formula is C28H28N4O4S2. The summed E-state index contributed by atoms with van der Waals surface area (Å²) < 4.78 is 13.2. The first kappa shape index (κ1) is 27.2. The minimum absolute atomic E-state index is 0.0734. The van der Waals surface area contributed by atoms with Crippen molar-refractivity contribution in [1.29, 1.82) is 0 Å². The number of amides is 1. The van der Waals surface area contributed by atoms with Gasteiger partial charge in [-0.3, -0.25) is 9.36 Å². The molecule has 0 spiro atoms. The number of rotatable bonds is 12. The van der Waals surface area contributed by atoms with E-state index in [1.54, 1.807) is 13.0 Å². The highest BCUT2D eigenvalue weighted by Crippen LogP contribution is 2.36. The van der Waals surface area contributed by atoms with Crippen LogP contribution in [0.25, 0.3) is 11.1 Å². The lowest BCUT2D eigenvalue weighted by molar-refractivity contribution is -0.113. The van der Waals surface area contributed by atoms with E-state index in [-0.39, 0.29) is 24.4 Å². The van der Waals surface area contributed by atoms with Crippen LogP contribution in [0, 0.1) is 0 Å². The normalized spacial score (nSPS) is 11.5. The summed E-state index contributed by atoms with van der Waals surface area (Å²) in [5.41, 5.74) is 1.95. The minimum atomic E-state index is -0.474. The van der Waals surface area contributed by atoms with Gasteiger partial charge in [-0.05, 0) is 31.5 Å². The Hall–Kier alpha value is -3.89. The average molecular weight is 549 g/mol. The largest absolute Gasteiger partial charge is 0.483 e. The summed E-state index contributed by atoms with van der Waals surface area (Å²) in [6.07, 6.45) is 1.39. The molecule has 0 bridgehead atoms. The van der Waals surface area contributed by atoms with Gasteiger partial charge in [-0.15, -0.1) is 28.1 Å². The number of allylic oxidation sites excluding steroid dienone is 1. The first-order valence-corrected chi connectivity index (χ1v) is 13.9. The fourth-order valence-electron chi connectivity index (χ4n) is 3.74. The Morgan fingerprint density at radius 1 is 1.13 bits per heavy atom. The van der Waals surface area contributed by atoms with Gasteiger partial charge in [0.2, 0.25) is 5.91 Å². The summed E-state index contributed by atoms with van der Waals surface area (Å²) in [5, 5.41) is 14.4. The van der Waals surface area contributed by atoms with Crippen molar-refractivity contribution in [3.63, 3.8) is 0 Å². The van der Waals surface area contributed by atoms with Crippen LogP contribution < -0.4 is 10.1 Å². The zero-order chi connectivity index (χ0) is 26.9. The van der Waals surface area contributed by atoms with Gasteiger partial charge in [-0.2, -0.15) is 0 Å². The number of hydrogen-bond acceptors (Lipinski definition) is 8. The number of anilines is 1. The maximum atomic E-state index is 12.9. The van der Waals surface area contributed by atoms with Crippen molar-refractivity contribution in [3.8, 4) is 16.9 Å². The third-order valence-electron chi connectivity index (χ3n) is 5.42.